The van der Waals surface area contributed by atoms with Crippen LogP contribution in [0.3, 0.4) is 0 Å². The molecule has 1 saturated heterocycles. The topological polar surface area (TPSA) is 45.3 Å². The van der Waals surface area contributed by atoms with Crippen molar-refractivity contribution in [3.8, 4) is 5.75 Å². The molecule has 0 radical (unpaired) electrons. The molecule has 1 aromatic heterocycles. The maximum absolute atomic E-state index is 12.5. The van der Waals surface area contributed by atoms with Gasteiger partial charge >= 0.3 is 0 Å². The molecule has 1 N–H and O–H groups in total. The zero-order valence-electron chi connectivity index (χ0n) is 12.5. The van der Waals surface area contributed by atoms with Crippen molar-refractivity contribution in [1.82, 2.24) is 9.88 Å². The van der Waals surface area contributed by atoms with Crippen molar-refractivity contribution in [2.45, 2.75) is 32.1 Å². The molecule has 1 amide bonds. The van der Waals surface area contributed by atoms with Gasteiger partial charge in [-0.3, -0.25) is 4.79 Å². The number of aromatic nitrogens is 1. The Bertz CT molecular complexity index is 625. The van der Waals surface area contributed by atoms with Gasteiger partial charge in [-0.15, -0.1) is 0 Å². The number of nitrogens with zero attached hydrogens (tertiary/aromatic N) is 1. The fourth-order valence-electron chi connectivity index (χ4n) is 3.12. The van der Waals surface area contributed by atoms with E-state index in [-0.39, 0.29) is 5.91 Å². The molecular weight excluding hydrogens is 264 g/mol. The number of methoxy groups -OCH3 is 1. The Morgan fingerprint density at radius 2 is 2.00 bits per heavy atom. The first kappa shape index (κ1) is 14.0. The molecule has 3 rings (SSSR count). The normalized spacial score (nSPS) is 16.0. The van der Waals surface area contributed by atoms with Crippen LogP contribution in [-0.4, -0.2) is 36.0 Å². The van der Waals surface area contributed by atoms with Gasteiger partial charge in [0.25, 0.3) is 0 Å². The van der Waals surface area contributed by atoms with E-state index in [4.69, 9.17) is 4.74 Å². The molecule has 0 saturated carbocycles. The molecule has 21 heavy (non-hydrogen) atoms. The van der Waals surface area contributed by atoms with Crippen molar-refractivity contribution in [2.24, 2.45) is 0 Å². The average Bonchev–Trinajstić information content (AvgIpc) is 2.75. The summed E-state index contributed by atoms with van der Waals surface area (Å²) in [6, 6.07) is 5.91. The van der Waals surface area contributed by atoms with E-state index in [1.807, 2.05) is 29.3 Å². The van der Waals surface area contributed by atoms with Crippen LogP contribution in [0, 0.1) is 0 Å². The fraction of sp³-hybridized carbons (Fsp3) is 0.471. The van der Waals surface area contributed by atoms with Crippen molar-refractivity contribution < 1.29 is 9.53 Å². The van der Waals surface area contributed by atoms with E-state index in [9.17, 15) is 4.79 Å². The number of nitrogens with one attached hydrogen (secondary N) is 1. The maximum atomic E-state index is 12.5. The molecule has 0 aliphatic carbocycles. The molecular formula is C17H22N2O2. The van der Waals surface area contributed by atoms with Crippen LogP contribution in [-0.2, 0) is 11.2 Å². The third-order valence-corrected chi connectivity index (χ3v) is 4.27. The SMILES string of the molecule is COc1cccc2[nH]cc(CC(=O)N3CCCCCC3)c12. The van der Waals surface area contributed by atoms with Crippen LogP contribution < -0.4 is 4.74 Å². The minimum absolute atomic E-state index is 0.226. The molecule has 112 valence electrons. The molecule has 4 nitrogen and oxygen atoms in total. The first-order valence-electron chi connectivity index (χ1n) is 7.70. The smallest absolute Gasteiger partial charge is 0.227 e. The van der Waals surface area contributed by atoms with E-state index in [2.05, 4.69) is 4.98 Å². The second-order valence-corrected chi connectivity index (χ2v) is 5.67. The summed E-state index contributed by atoms with van der Waals surface area (Å²) in [5.74, 6) is 1.05. The van der Waals surface area contributed by atoms with E-state index in [0.717, 1.165) is 48.1 Å². The Morgan fingerprint density at radius 1 is 1.24 bits per heavy atom. The number of fused-ring (bicyclic) bond motifs is 1. The minimum atomic E-state index is 0.226. The lowest BCUT2D eigenvalue weighted by Crippen LogP contribution is -2.33. The van der Waals surface area contributed by atoms with Gasteiger partial charge < -0.3 is 14.6 Å². The van der Waals surface area contributed by atoms with Crippen molar-refractivity contribution in [1.29, 1.82) is 0 Å². The van der Waals surface area contributed by atoms with Gasteiger partial charge in [-0.2, -0.15) is 0 Å². The molecule has 4 heteroatoms. The Balaban J connectivity index is 1.82. The number of ether oxygens (including phenoxy) is 1. The molecule has 1 aromatic carbocycles. The van der Waals surface area contributed by atoms with Gasteiger partial charge in [0, 0.05) is 30.2 Å². The molecule has 0 atom stereocenters. The summed E-state index contributed by atoms with van der Waals surface area (Å²) in [4.78, 5) is 17.8. The largest absolute Gasteiger partial charge is 0.496 e. The van der Waals surface area contributed by atoms with Crippen molar-refractivity contribution in [2.75, 3.05) is 20.2 Å². The van der Waals surface area contributed by atoms with Crippen LogP contribution in [0.15, 0.2) is 24.4 Å². The van der Waals surface area contributed by atoms with E-state index < -0.39 is 0 Å². The Kier molecular flexibility index (Phi) is 4.13. The number of amides is 1. The fourth-order valence-corrected chi connectivity index (χ4v) is 3.12. The zero-order chi connectivity index (χ0) is 14.7. The Morgan fingerprint density at radius 3 is 2.71 bits per heavy atom. The molecule has 1 aliphatic rings. The number of carbonyl (C=O) groups excluding carboxylic acids is 1. The van der Waals surface area contributed by atoms with E-state index in [0.29, 0.717) is 6.42 Å². The van der Waals surface area contributed by atoms with E-state index in [1.54, 1.807) is 7.11 Å². The number of aromatic amines is 1. The molecule has 2 heterocycles. The van der Waals surface area contributed by atoms with Crippen molar-refractivity contribution in [3.05, 3.63) is 30.0 Å². The van der Waals surface area contributed by atoms with Crippen molar-refractivity contribution in [3.63, 3.8) is 0 Å². The number of likely N-dealkylation sites (tertiary alicyclic amines) is 1. The van der Waals surface area contributed by atoms with E-state index in [1.165, 1.54) is 12.8 Å². The predicted molar refractivity (Wildman–Crippen MR) is 83.6 cm³/mol. The minimum Gasteiger partial charge on any atom is -0.496 e. The van der Waals surface area contributed by atoms with Crippen LogP contribution in [0.4, 0.5) is 0 Å². The highest BCUT2D eigenvalue weighted by atomic mass is 16.5. The predicted octanol–water partition coefficient (Wildman–Crippen LogP) is 3.12. The van der Waals surface area contributed by atoms with Gasteiger partial charge in [0.1, 0.15) is 5.75 Å². The number of rotatable bonds is 3. The number of carbonyl (C=O) groups is 1. The number of hydrogen-bond acceptors (Lipinski definition) is 2. The molecule has 2 aromatic rings. The standard InChI is InChI=1S/C17H22N2O2/c1-21-15-8-6-7-14-17(15)13(12-18-14)11-16(20)19-9-4-2-3-5-10-19/h6-8,12,18H,2-5,9-11H2,1H3. The summed E-state index contributed by atoms with van der Waals surface area (Å²) in [7, 11) is 1.67. The highest BCUT2D eigenvalue weighted by molar-refractivity contribution is 5.93. The third-order valence-electron chi connectivity index (χ3n) is 4.27. The third kappa shape index (κ3) is 2.89. The number of hydrogen-bond donors (Lipinski definition) is 1. The lowest BCUT2D eigenvalue weighted by atomic mass is 10.1. The van der Waals surface area contributed by atoms with Crippen LogP contribution in [0.25, 0.3) is 10.9 Å². The van der Waals surface area contributed by atoms with Gasteiger partial charge in [0.05, 0.1) is 13.5 Å². The maximum Gasteiger partial charge on any atom is 0.227 e. The van der Waals surface area contributed by atoms with E-state index >= 15 is 0 Å². The highest BCUT2D eigenvalue weighted by Crippen LogP contribution is 2.29. The van der Waals surface area contributed by atoms with Crippen LogP contribution in [0.2, 0.25) is 0 Å². The first-order valence-corrected chi connectivity index (χ1v) is 7.70. The first-order chi connectivity index (χ1) is 10.3. The summed E-state index contributed by atoms with van der Waals surface area (Å²) in [6.07, 6.45) is 7.12. The Labute approximate surface area is 125 Å². The quantitative estimate of drug-likeness (QED) is 0.942. The average molecular weight is 286 g/mol. The highest BCUT2D eigenvalue weighted by Gasteiger charge is 2.18. The summed E-state index contributed by atoms with van der Waals surface area (Å²) in [5.41, 5.74) is 2.05. The Hall–Kier alpha value is -1.97. The number of H-pyrrole nitrogens is 1. The molecule has 1 aliphatic heterocycles. The lowest BCUT2D eigenvalue weighted by molar-refractivity contribution is -0.130. The molecule has 0 spiro atoms. The second-order valence-electron chi connectivity index (χ2n) is 5.67. The van der Waals surface area contributed by atoms with Crippen molar-refractivity contribution >= 4 is 16.8 Å². The lowest BCUT2D eigenvalue weighted by Gasteiger charge is -2.20. The molecule has 1 fully saturated rings. The van der Waals surface area contributed by atoms with Crippen LogP contribution in [0.5, 0.6) is 5.75 Å². The second kappa shape index (κ2) is 6.20. The van der Waals surface area contributed by atoms with Crippen LogP contribution >= 0.6 is 0 Å². The van der Waals surface area contributed by atoms with Gasteiger partial charge in [0.15, 0.2) is 0 Å². The summed E-state index contributed by atoms with van der Waals surface area (Å²) in [5, 5.41) is 1.03. The zero-order valence-corrected chi connectivity index (χ0v) is 12.5. The van der Waals surface area contributed by atoms with Gasteiger partial charge in [-0.05, 0) is 30.5 Å². The van der Waals surface area contributed by atoms with Gasteiger partial charge in [0.2, 0.25) is 5.91 Å². The summed E-state index contributed by atoms with van der Waals surface area (Å²) in [6.45, 7) is 1.80. The monoisotopic (exact) mass is 286 g/mol. The van der Waals surface area contributed by atoms with Gasteiger partial charge in [-0.1, -0.05) is 18.9 Å². The summed E-state index contributed by atoms with van der Waals surface area (Å²) >= 11 is 0. The molecule has 0 bridgehead atoms. The molecule has 0 unspecified atom stereocenters. The number of benzene rings is 1. The van der Waals surface area contributed by atoms with Crippen LogP contribution in [0.1, 0.15) is 31.2 Å². The summed E-state index contributed by atoms with van der Waals surface area (Å²) < 4.78 is 5.43. The van der Waals surface area contributed by atoms with Gasteiger partial charge in [-0.25, -0.2) is 0 Å².